The van der Waals surface area contributed by atoms with Gasteiger partial charge < -0.3 is 16.2 Å². The highest BCUT2D eigenvalue weighted by Crippen LogP contribution is 2.15. The Balaban J connectivity index is 2.28. The third kappa shape index (κ3) is 2.48. The van der Waals surface area contributed by atoms with Crippen molar-refractivity contribution in [1.29, 1.82) is 0 Å². The number of carbonyl (C=O) groups excluding carboxylic acids is 1. The monoisotopic (exact) mass is 158 g/mol. The summed E-state index contributed by atoms with van der Waals surface area (Å²) in [6, 6.07) is -0.213. The molecule has 1 amide bonds. The summed E-state index contributed by atoms with van der Waals surface area (Å²) in [6.07, 6.45) is 2.26. The summed E-state index contributed by atoms with van der Waals surface area (Å²) in [7, 11) is 0. The highest BCUT2D eigenvalue weighted by molar-refractivity contribution is 5.74. The largest absolute Gasteiger partial charge is 0.377 e. The maximum atomic E-state index is 10.5. The first-order valence-corrected chi connectivity index (χ1v) is 3.85. The molecule has 0 saturated carbocycles. The lowest BCUT2D eigenvalue weighted by atomic mass is 10.1. The fourth-order valence-electron chi connectivity index (χ4n) is 1.30. The zero-order valence-electron chi connectivity index (χ0n) is 6.45. The minimum absolute atomic E-state index is 0.0440. The van der Waals surface area contributed by atoms with Gasteiger partial charge in [0.1, 0.15) is 0 Å². The van der Waals surface area contributed by atoms with Crippen LogP contribution in [0.5, 0.6) is 0 Å². The zero-order chi connectivity index (χ0) is 8.27. The van der Waals surface area contributed by atoms with Crippen LogP contribution >= 0.6 is 0 Å². The van der Waals surface area contributed by atoms with Crippen molar-refractivity contribution < 1.29 is 9.53 Å². The smallest absolute Gasteiger partial charge is 0.219 e. The molecule has 4 N–H and O–H groups in total. The van der Waals surface area contributed by atoms with Crippen molar-refractivity contribution in [2.45, 2.75) is 31.4 Å². The summed E-state index contributed by atoms with van der Waals surface area (Å²) in [5.41, 5.74) is 10.6. The number of amides is 1. The molecular weight excluding hydrogens is 144 g/mol. The van der Waals surface area contributed by atoms with Crippen molar-refractivity contribution in [2.24, 2.45) is 11.5 Å². The molecule has 0 spiro atoms. The molecular formula is C7H14N2O2. The molecule has 4 heteroatoms. The Morgan fingerprint density at radius 1 is 1.73 bits per heavy atom. The molecule has 1 fully saturated rings. The molecule has 1 unspecified atom stereocenters. The highest BCUT2D eigenvalue weighted by atomic mass is 16.5. The van der Waals surface area contributed by atoms with Crippen LogP contribution in [0.1, 0.15) is 19.3 Å². The molecule has 0 aromatic carbocycles. The van der Waals surface area contributed by atoms with E-state index < -0.39 is 0 Å². The van der Waals surface area contributed by atoms with Crippen LogP contribution in [0.3, 0.4) is 0 Å². The van der Waals surface area contributed by atoms with Crippen molar-refractivity contribution in [3.8, 4) is 0 Å². The van der Waals surface area contributed by atoms with Gasteiger partial charge >= 0.3 is 0 Å². The number of hydrogen-bond acceptors (Lipinski definition) is 3. The lowest BCUT2D eigenvalue weighted by Gasteiger charge is -2.16. The fourth-order valence-corrected chi connectivity index (χ4v) is 1.30. The van der Waals surface area contributed by atoms with E-state index in [1.807, 2.05) is 0 Å². The Hall–Kier alpha value is -0.610. The van der Waals surface area contributed by atoms with Crippen LogP contribution in [-0.2, 0) is 9.53 Å². The summed E-state index contributed by atoms with van der Waals surface area (Å²) >= 11 is 0. The maximum absolute atomic E-state index is 10.5. The van der Waals surface area contributed by atoms with E-state index in [4.69, 9.17) is 16.2 Å². The average molecular weight is 158 g/mol. The molecule has 0 aromatic rings. The number of ether oxygens (including phenoxy) is 1. The normalized spacial score (nSPS) is 26.8. The van der Waals surface area contributed by atoms with Crippen LogP contribution in [0.4, 0.5) is 0 Å². The van der Waals surface area contributed by atoms with E-state index in [-0.39, 0.29) is 24.5 Å². The third-order valence-corrected chi connectivity index (χ3v) is 1.88. The summed E-state index contributed by atoms with van der Waals surface area (Å²) in [4.78, 5) is 10.5. The van der Waals surface area contributed by atoms with Crippen molar-refractivity contribution in [1.82, 2.24) is 0 Å². The van der Waals surface area contributed by atoms with Gasteiger partial charge in [-0.3, -0.25) is 4.79 Å². The van der Waals surface area contributed by atoms with E-state index >= 15 is 0 Å². The van der Waals surface area contributed by atoms with Crippen LogP contribution in [0.15, 0.2) is 0 Å². The van der Waals surface area contributed by atoms with Gasteiger partial charge in [-0.1, -0.05) is 0 Å². The second-order valence-electron chi connectivity index (χ2n) is 2.89. The molecule has 0 aromatic heterocycles. The van der Waals surface area contributed by atoms with Crippen LogP contribution in [0, 0.1) is 0 Å². The molecule has 4 nitrogen and oxygen atoms in total. The number of primary amides is 1. The van der Waals surface area contributed by atoms with Gasteiger partial charge in [0.2, 0.25) is 5.91 Å². The highest BCUT2D eigenvalue weighted by Gasteiger charge is 2.23. The van der Waals surface area contributed by atoms with Gasteiger partial charge in [0.25, 0.3) is 0 Å². The number of carbonyl (C=O) groups is 1. The molecule has 1 aliphatic rings. The van der Waals surface area contributed by atoms with Crippen molar-refractivity contribution in [3.63, 3.8) is 0 Å². The topological polar surface area (TPSA) is 78.3 Å². The lowest BCUT2D eigenvalue weighted by molar-refractivity contribution is -0.119. The summed E-state index contributed by atoms with van der Waals surface area (Å²) in [5, 5.41) is 0. The molecule has 1 heterocycles. The van der Waals surface area contributed by atoms with Crippen LogP contribution in [-0.4, -0.2) is 24.7 Å². The Bertz CT molecular complexity index is 143. The summed E-state index contributed by atoms with van der Waals surface area (Å²) in [6.45, 7) is 0.761. The van der Waals surface area contributed by atoms with Crippen molar-refractivity contribution >= 4 is 5.91 Å². The first-order chi connectivity index (χ1) is 5.20. The van der Waals surface area contributed by atoms with E-state index in [0.29, 0.717) is 0 Å². The molecule has 1 aliphatic heterocycles. The van der Waals surface area contributed by atoms with Crippen LogP contribution in [0.25, 0.3) is 0 Å². The average Bonchev–Trinajstić information content (AvgIpc) is 2.35. The Kier molecular flexibility index (Phi) is 2.84. The fraction of sp³-hybridized carbons (Fsp3) is 0.857. The lowest BCUT2D eigenvalue weighted by Crippen LogP contribution is -2.37. The standard InChI is InChI=1S/C7H14N2O2/c8-5(4-7(9)10)6-2-1-3-11-6/h5-6H,1-4,8H2,(H2,9,10)/t5-,6?/m0/s1. The number of nitrogens with two attached hydrogens (primary N) is 2. The van der Waals surface area contributed by atoms with Crippen molar-refractivity contribution in [2.75, 3.05) is 6.61 Å². The van der Waals surface area contributed by atoms with E-state index in [9.17, 15) is 4.79 Å². The number of hydrogen-bond donors (Lipinski definition) is 2. The molecule has 0 radical (unpaired) electrons. The second-order valence-corrected chi connectivity index (χ2v) is 2.89. The molecule has 1 saturated heterocycles. The van der Waals surface area contributed by atoms with E-state index in [1.165, 1.54) is 0 Å². The first kappa shape index (κ1) is 8.49. The molecule has 64 valence electrons. The Morgan fingerprint density at radius 2 is 2.45 bits per heavy atom. The summed E-state index contributed by atoms with van der Waals surface area (Å²) in [5.74, 6) is -0.354. The van der Waals surface area contributed by atoms with Crippen LogP contribution < -0.4 is 11.5 Å². The number of rotatable bonds is 3. The van der Waals surface area contributed by atoms with Gasteiger partial charge in [-0.2, -0.15) is 0 Å². The molecule has 11 heavy (non-hydrogen) atoms. The van der Waals surface area contributed by atoms with Crippen molar-refractivity contribution in [3.05, 3.63) is 0 Å². The first-order valence-electron chi connectivity index (χ1n) is 3.85. The van der Waals surface area contributed by atoms with E-state index in [2.05, 4.69) is 0 Å². The molecule has 2 atom stereocenters. The van der Waals surface area contributed by atoms with Gasteiger partial charge in [-0.25, -0.2) is 0 Å². The quantitative estimate of drug-likeness (QED) is 0.574. The molecule has 0 bridgehead atoms. The maximum Gasteiger partial charge on any atom is 0.219 e. The predicted molar refractivity (Wildman–Crippen MR) is 40.8 cm³/mol. The molecule has 1 rings (SSSR count). The molecule has 0 aliphatic carbocycles. The third-order valence-electron chi connectivity index (χ3n) is 1.88. The van der Waals surface area contributed by atoms with Crippen LogP contribution in [0.2, 0.25) is 0 Å². The minimum atomic E-state index is -0.354. The van der Waals surface area contributed by atoms with Gasteiger partial charge in [-0.15, -0.1) is 0 Å². The Labute approximate surface area is 65.9 Å². The van der Waals surface area contributed by atoms with Gasteiger partial charge in [0.05, 0.1) is 6.10 Å². The van der Waals surface area contributed by atoms with Gasteiger partial charge in [0, 0.05) is 19.1 Å². The van der Waals surface area contributed by atoms with E-state index in [1.54, 1.807) is 0 Å². The van der Waals surface area contributed by atoms with Gasteiger partial charge in [0.15, 0.2) is 0 Å². The minimum Gasteiger partial charge on any atom is -0.377 e. The zero-order valence-corrected chi connectivity index (χ0v) is 6.45. The SMILES string of the molecule is NC(=O)C[C@H](N)C1CCCO1. The predicted octanol–water partition coefficient (Wildman–Crippen LogP) is -0.632. The van der Waals surface area contributed by atoms with E-state index in [0.717, 1.165) is 19.4 Å². The van der Waals surface area contributed by atoms with Gasteiger partial charge in [-0.05, 0) is 12.8 Å². The second kappa shape index (κ2) is 3.69. The summed E-state index contributed by atoms with van der Waals surface area (Å²) < 4.78 is 5.28. The Morgan fingerprint density at radius 3 is 2.91 bits per heavy atom.